The van der Waals surface area contributed by atoms with Crippen LogP contribution in [-0.2, 0) is 48.5 Å². The van der Waals surface area contributed by atoms with Gasteiger partial charge in [-0.1, -0.05) is 0 Å². The normalized spacial score (nSPS) is 18.2. The zero-order valence-corrected chi connectivity index (χ0v) is 22.5. The second-order valence-corrected chi connectivity index (χ2v) is 7.92. The van der Waals surface area contributed by atoms with Crippen molar-refractivity contribution in [2.24, 2.45) is 0 Å². The maximum Gasteiger partial charge on any atom is 0.522 e. The molecule has 3 heterocycles. The summed E-state index contributed by atoms with van der Waals surface area (Å²) in [5.41, 5.74) is -1.20. The van der Waals surface area contributed by atoms with Crippen LogP contribution in [0.15, 0.2) is 5.38 Å². The van der Waals surface area contributed by atoms with E-state index in [0.717, 1.165) is 11.3 Å². The van der Waals surface area contributed by atoms with Crippen molar-refractivity contribution < 1.29 is 87.9 Å². The minimum absolute atomic E-state index is 0. The molecule has 17 heteroatoms. The third kappa shape index (κ3) is 8.99. The van der Waals surface area contributed by atoms with Gasteiger partial charge in [-0.2, -0.15) is 13.2 Å². The van der Waals surface area contributed by atoms with Crippen molar-refractivity contribution in [2.75, 3.05) is 33.4 Å². The van der Waals surface area contributed by atoms with Crippen molar-refractivity contribution in [3.8, 4) is 5.88 Å². The zero-order valence-electron chi connectivity index (χ0n) is 18.9. The van der Waals surface area contributed by atoms with E-state index >= 15 is 0 Å². The first kappa shape index (κ1) is 32.9. The van der Waals surface area contributed by atoms with Crippen molar-refractivity contribution in [2.45, 2.75) is 38.2 Å². The standard InChI is InChI=1S/C16H16F4N3O2S.C3H5F3O3.Y/c1-7-11(16(18,19)20)13-12(8(6-26-13)14(24)21-2)23-15(7)25-10-3-4-22-5-9(10)17;4-3(5,6)8-1-2-9-7;/h6,9-10H,3-5H2,1-2H3,(H,21,24);7H,1-2H2;/q-1;;. The van der Waals surface area contributed by atoms with Crippen LogP contribution >= 0.6 is 11.3 Å². The molecule has 0 spiro atoms. The average molecular weight is 625 g/mol. The van der Waals surface area contributed by atoms with Crippen molar-refractivity contribution in [1.29, 1.82) is 0 Å². The molecule has 1 fully saturated rings. The number of thiophene rings is 1. The number of halogens is 7. The van der Waals surface area contributed by atoms with E-state index in [1.165, 1.54) is 19.4 Å². The summed E-state index contributed by atoms with van der Waals surface area (Å²) >= 11 is 0.793. The first-order valence-corrected chi connectivity index (χ1v) is 10.8. The Morgan fingerprint density at radius 3 is 2.47 bits per heavy atom. The van der Waals surface area contributed by atoms with Gasteiger partial charge in [0.1, 0.15) is 18.9 Å². The summed E-state index contributed by atoms with van der Waals surface area (Å²) < 4.78 is 96.5. The number of rotatable bonds is 6. The molecular formula is C19H21F7N3O5SY-. The van der Waals surface area contributed by atoms with E-state index in [-0.39, 0.29) is 72.9 Å². The predicted molar refractivity (Wildman–Crippen MR) is 110 cm³/mol. The second-order valence-electron chi connectivity index (χ2n) is 7.04. The molecule has 36 heavy (non-hydrogen) atoms. The van der Waals surface area contributed by atoms with Crippen LogP contribution in [0.5, 0.6) is 5.88 Å². The van der Waals surface area contributed by atoms with Crippen molar-refractivity contribution in [1.82, 2.24) is 10.3 Å². The van der Waals surface area contributed by atoms with Gasteiger partial charge in [-0.3, -0.25) is 14.8 Å². The van der Waals surface area contributed by atoms with Crippen molar-refractivity contribution in [3.05, 3.63) is 27.4 Å². The van der Waals surface area contributed by atoms with E-state index in [1.807, 2.05) is 0 Å². The Morgan fingerprint density at radius 2 is 1.94 bits per heavy atom. The Hall–Kier alpha value is -1.17. The molecule has 2 unspecified atom stereocenters. The van der Waals surface area contributed by atoms with Crippen LogP contribution in [0.25, 0.3) is 15.5 Å². The predicted octanol–water partition coefficient (Wildman–Crippen LogP) is 4.86. The Labute approximate surface area is 229 Å². The van der Waals surface area contributed by atoms with Gasteiger partial charge in [-0.05, 0) is 13.3 Å². The number of aromatic nitrogens is 1. The van der Waals surface area contributed by atoms with Gasteiger partial charge in [-0.15, -0.1) is 37.6 Å². The summed E-state index contributed by atoms with van der Waals surface area (Å²) in [7, 11) is 1.38. The number of hydrogen-bond acceptors (Lipinski definition) is 7. The number of nitrogens with one attached hydrogen (secondary N) is 1. The number of alkyl halides is 7. The number of carbonyl (C=O) groups is 1. The van der Waals surface area contributed by atoms with Gasteiger partial charge in [0.2, 0.25) is 5.88 Å². The smallest absolute Gasteiger partial charge is 0.522 e. The molecule has 2 atom stereocenters. The first-order chi connectivity index (χ1) is 16.3. The average Bonchev–Trinajstić information content (AvgIpc) is 3.17. The van der Waals surface area contributed by atoms with E-state index < -0.39 is 49.5 Å². The molecule has 1 aliphatic heterocycles. The van der Waals surface area contributed by atoms with Crippen LogP contribution in [-0.4, -0.2) is 68.1 Å². The van der Waals surface area contributed by atoms with Crippen LogP contribution in [0.2, 0.25) is 0 Å². The van der Waals surface area contributed by atoms with Gasteiger partial charge in [0.25, 0.3) is 5.91 Å². The number of fused-ring (bicyclic) bond motifs is 1. The summed E-state index contributed by atoms with van der Waals surface area (Å²) in [6.07, 6.45) is -11.4. The molecule has 1 saturated heterocycles. The Bertz CT molecular complexity index is 1010. The molecule has 2 aromatic heterocycles. The van der Waals surface area contributed by atoms with E-state index in [9.17, 15) is 35.5 Å². The van der Waals surface area contributed by atoms with Gasteiger partial charge in [0.05, 0.1) is 28.0 Å². The molecule has 2 N–H and O–H groups in total. The molecule has 0 bridgehead atoms. The molecule has 1 radical (unpaired) electrons. The fourth-order valence-electron chi connectivity index (χ4n) is 3.06. The third-order valence-electron chi connectivity index (χ3n) is 4.64. The van der Waals surface area contributed by atoms with Crippen LogP contribution in [0.3, 0.4) is 0 Å². The quantitative estimate of drug-likeness (QED) is 0.206. The second kappa shape index (κ2) is 14.1. The van der Waals surface area contributed by atoms with Gasteiger partial charge >= 0.3 is 12.5 Å². The number of pyridine rings is 1. The third-order valence-corrected chi connectivity index (χ3v) is 5.62. The van der Waals surface area contributed by atoms with Gasteiger partial charge < -0.3 is 15.4 Å². The van der Waals surface area contributed by atoms with Crippen LogP contribution < -0.4 is 10.1 Å². The molecular weight excluding hydrogens is 604 g/mol. The summed E-state index contributed by atoms with van der Waals surface area (Å²) in [4.78, 5) is 19.4. The molecule has 3 rings (SSSR count). The molecule has 8 nitrogen and oxygen atoms in total. The Morgan fingerprint density at radius 1 is 1.28 bits per heavy atom. The number of nitrogens with zero attached hydrogens (tertiary/aromatic N) is 2. The number of hydrogen-bond donors (Lipinski definition) is 2. The molecule has 0 saturated carbocycles. The van der Waals surface area contributed by atoms with E-state index in [0.29, 0.717) is 6.54 Å². The SMILES string of the molecule is CNC(=O)c1csc2c(C(F)(F)F)c(C)c(OC3CC[N-]CC3F)nc12.OOCCOC(F)(F)F.[Y]. The van der Waals surface area contributed by atoms with Crippen LogP contribution in [0, 0.1) is 6.92 Å². The molecule has 0 aromatic carbocycles. The monoisotopic (exact) mass is 625 g/mol. The Kier molecular flexibility index (Phi) is 12.9. The number of piperidine rings is 1. The maximum atomic E-state index is 14.0. The summed E-state index contributed by atoms with van der Waals surface area (Å²) in [5, 5.41) is 15.1. The minimum atomic E-state index is -4.66. The fourth-order valence-corrected chi connectivity index (χ4v) is 4.17. The zero-order chi connectivity index (χ0) is 26.4. The summed E-state index contributed by atoms with van der Waals surface area (Å²) in [5.74, 6) is -0.852. The topological polar surface area (TPSA) is 104 Å². The molecule has 0 aliphatic carbocycles. The number of ether oxygens (including phenoxy) is 2. The largest absolute Gasteiger partial charge is 0.660 e. The van der Waals surface area contributed by atoms with Crippen LogP contribution in [0.4, 0.5) is 30.7 Å². The van der Waals surface area contributed by atoms with E-state index in [4.69, 9.17) is 9.99 Å². The Balaban J connectivity index is 0.000000557. The van der Waals surface area contributed by atoms with Gasteiger partial charge in [0.15, 0.2) is 0 Å². The van der Waals surface area contributed by atoms with Crippen molar-refractivity contribution >= 4 is 27.5 Å². The summed E-state index contributed by atoms with van der Waals surface area (Å²) in [6, 6.07) is 0. The van der Waals surface area contributed by atoms with Gasteiger partial charge in [0, 0.05) is 50.7 Å². The number of amides is 1. The molecule has 2 aromatic rings. The summed E-state index contributed by atoms with van der Waals surface area (Å²) in [6.45, 7) is 0.379. The fraction of sp³-hybridized carbons (Fsp3) is 0.579. The molecule has 201 valence electrons. The minimum Gasteiger partial charge on any atom is -0.660 e. The maximum absolute atomic E-state index is 14.0. The number of carbonyl (C=O) groups excluding carboxylic acids is 1. The first-order valence-electron chi connectivity index (χ1n) is 9.92. The molecule has 1 amide bonds. The van der Waals surface area contributed by atoms with Gasteiger partial charge in [-0.25, -0.2) is 14.3 Å². The molecule has 1 aliphatic rings. The van der Waals surface area contributed by atoms with E-state index in [1.54, 1.807) is 0 Å². The van der Waals surface area contributed by atoms with E-state index in [2.05, 4.69) is 25.2 Å². The van der Waals surface area contributed by atoms with Crippen molar-refractivity contribution in [3.63, 3.8) is 0 Å². The van der Waals surface area contributed by atoms with Crippen LogP contribution in [0.1, 0.15) is 27.9 Å².